The van der Waals surface area contributed by atoms with E-state index in [9.17, 15) is 4.79 Å². The smallest absolute Gasteiger partial charge is 0.335 e. The molecule has 0 atom stereocenters. The molecule has 0 fully saturated rings. The number of unbranched alkanes of at least 4 members (excludes halogenated alkanes) is 1. The van der Waals surface area contributed by atoms with Crippen LogP contribution in [0.1, 0.15) is 35.7 Å². The molecule has 0 spiro atoms. The van der Waals surface area contributed by atoms with Gasteiger partial charge in [0.25, 0.3) is 0 Å². The molecular formula is C17H18O3. The Hall–Kier alpha value is -2.29. The topological polar surface area (TPSA) is 46.5 Å². The molecule has 104 valence electrons. The number of carbonyl (C=O) groups is 1. The fourth-order valence-electron chi connectivity index (χ4n) is 2.00. The highest BCUT2D eigenvalue weighted by atomic mass is 16.5. The maximum atomic E-state index is 11.0. The monoisotopic (exact) mass is 270 g/mol. The van der Waals surface area contributed by atoms with Crippen LogP contribution in [0.4, 0.5) is 0 Å². The highest BCUT2D eigenvalue weighted by molar-refractivity contribution is 5.88. The van der Waals surface area contributed by atoms with E-state index >= 15 is 0 Å². The standard InChI is InChI=1S/C17H18O3/c1-2-3-7-13-8-4-5-11-16(13)20-15-10-6-9-14(12-15)17(18)19/h4-6,8-12H,2-3,7H2,1H3,(H,18,19). The first kappa shape index (κ1) is 14.1. The summed E-state index contributed by atoms with van der Waals surface area (Å²) in [6.07, 6.45) is 3.20. The first-order chi connectivity index (χ1) is 9.70. The van der Waals surface area contributed by atoms with Crippen LogP contribution >= 0.6 is 0 Å². The normalized spacial score (nSPS) is 10.2. The molecule has 0 saturated heterocycles. The molecule has 0 radical (unpaired) electrons. The molecular weight excluding hydrogens is 252 g/mol. The summed E-state index contributed by atoms with van der Waals surface area (Å²) < 4.78 is 5.83. The van der Waals surface area contributed by atoms with Crippen molar-refractivity contribution in [1.29, 1.82) is 0 Å². The van der Waals surface area contributed by atoms with E-state index in [1.165, 1.54) is 0 Å². The third-order valence-corrected chi connectivity index (χ3v) is 3.08. The van der Waals surface area contributed by atoms with Crippen LogP contribution < -0.4 is 4.74 Å². The van der Waals surface area contributed by atoms with Crippen LogP contribution in [-0.2, 0) is 6.42 Å². The van der Waals surface area contributed by atoms with Gasteiger partial charge < -0.3 is 9.84 Å². The predicted molar refractivity (Wildman–Crippen MR) is 78.5 cm³/mol. The molecule has 3 nitrogen and oxygen atoms in total. The summed E-state index contributed by atoms with van der Waals surface area (Å²) in [7, 11) is 0. The quantitative estimate of drug-likeness (QED) is 0.839. The number of carboxylic acid groups (broad SMARTS) is 1. The molecule has 0 bridgehead atoms. The minimum absolute atomic E-state index is 0.230. The molecule has 0 unspecified atom stereocenters. The Morgan fingerprint density at radius 3 is 2.70 bits per heavy atom. The first-order valence-electron chi connectivity index (χ1n) is 6.80. The molecule has 2 aromatic rings. The zero-order valence-electron chi connectivity index (χ0n) is 11.5. The minimum Gasteiger partial charge on any atom is -0.478 e. The van der Waals surface area contributed by atoms with Crippen LogP contribution in [0.15, 0.2) is 48.5 Å². The lowest BCUT2D eigenvalue weighted by atomic mass is 10.1. The molecule has 1 N–H and O–H groups in total. The van der Waals surface area contributed by atoms with E-state index in [1.54, 1.807) is 24.3 Å². The lowest BCUT2D eigenvalue weighted by Crippen LogP contribution is -1.97. The molecule has 20 heavy (non-hydrogen) atoms. The van der Waals surface area contributed by atoms with E-state index in [2.05, 4.69) is 6.92 Å². The SMILES string of the molecule is CCCCc1ccccc1Oc1cccc(C(=O)O)c1. The lowest BCUT2D eigenvalue weighted by Gasteiger charge is -2.11. The van der Waals surface area contributed by atoms with E-state index in [-0.39, 0.29) is 5.56 Å². The molecule has 0 saturated carbocycles. The predicted octanol–water partition coefficient (Wildman–Crippen LogP) is 4.52. The Kier molecular flexibility index (Phi) is 4.77. The third kappa shape index (κ3) is 3.60. The van der Waals surface area contributed by atoms with Crippen molar-refractivity contribution in [2.24, 2.45) is 0 Å². The van der Waals surface area contributed by atoms with Crippen LogP contribution in [0.25, 0.3) is 0 Å². The maximum absolute atomic E-state index is 11.0. The van der Waals surface area contributed by atoms with E-state index in [4.69, 9.17) is 9.84 Å². The van der Waals surface area contributed by atoms with Crippen LogP contribution in [0.3, 0.4) is 0 Å². The summed E-state index contributed by atoms with van der Waals surface area (Å²) in [5.41, 5.74) is 1.38. The molecule has 0 heterocycles. The summed E-state index contributed by atoms with van der Waals surface area (Å²) in [6, 6.07) is 14.4. The van der Waals surface area contributed by atoms with Crippen molar-refractivity contribution in [2.45, 2.75) is 26.2 Å². The van der Waals surface area contributed by atoms with Crippen molar-refractivity contribution >= 4 is 5.97 Å². The van der Waals surface area contributed by atoms with E-state index in [1.807, 2.05) is 24.3 Å². The van der Waals surface area contributed by atoms with Crippen LogP contribution in [0, 0.1) is 0 Å². The van der Waals surface area contributed by atoms with Gasteiger partial charge in [-0.2, -0.15) is 0 Å². The second-order valence-corrected chi connectivity index (χ2v) is 4.65. The number of aryl methyl sites for hydroxylation is 1. The summed E-state index contributed by atoms with van der Waals surface area (Å²) in [5, 5.41) is 8.99. The van der Waals surface area contributed by atoms with Crippen molar-refractivity contribution in [2.75, 3.05) is 0 Å². The van der Waals surface area contributed by atoms with E-state index < -0.39 is 5.97 Å². The zero-order chi connectivity index (χ0) is 14.4. The number of benzene rings is 2. The van der Waals surface area contributed by atoms with Gasteiger partial charge in [-0.25, -0.2) is 4.79 Å². The Morgan fingerprint density at radius 2 is 1.95 bits per heavy atom. The lowest BCUT2D eigenvalue weighted by molar-refractivity contribution is 0.0696. The number of carboxylic acids is 1. The highest BCUT2D eigenvalue weighted by Crippen LogP contribution is 2.27. The zero-order valence-corrected chi connectivity index (χ0v) is 11.5. The average Bonchev–Trinajstić information content (AvgIpc) is 2.46. The van der Waals surface area contributed by atoms with Gasteiger partial charge in [0.1, 0.15) is 11.5 Å². The van der Waals surface area contributed by atoms with Gasteiger partial charge >= 0.3 is 5.97 Å². The minimum atomic E-state index is -0.949. The van der Waals surface area contributed by atoms with Gasteiger partial charge in [0.05, 0.1) is 5.56 Å². The number of aromatic carboxylic acids is 1. The van der Waals surface area contributed by atoms with Gasteiger partial charge in [0, 0.05) is 0 Å². The van der Waals surface area contributed by atoms with Crippen molar-refractivity contribution in [3.05, 3.63) is 59.7 Å². The van der Waals surface area contributed by atoms with Gasteiger partial charge in [-0.3, -0.25) is 0 Å². The van der Waals surface area contributed by atoms with E-state index in [0.29, 0.717) is 5.75 Å². The van der Waals surface area contributed by atoms with Crippen molar-refractivity contribution in [3.8, 4) is 11.5 Å². The van der Waals surface area contributed by atoms with Crippen LogP contribution in [0.2, 0.25) is 0 Å². The Labute approximate surface area is 118 Å². The molecule has 0 amide bonds. The summed E-state index contributed by atoms with van der Waals surface area (Å²) in [6.45, 7) is 2.15. The third-order valence-electron chi connectivity index (χ3n) is 3.08. The molecule has 0 aliphatic rings. The van der Waals surface area contributed by atoms with Crippen molar-refractivity contribution in [3.63, 3.8) is 0 Å². The molecule has 0 aliphatic heterocycles. The molecule has 0 aromatic heterocycles. The maximum Gasteiger partial charge on any atom is 0.335 e. The summed E-state index contributed by atoms with van der Waals surface area (Å²) in [4.78, 5) is 11.0. The Morgan fingerprint density at radius 1 is 1.15 bits per heavy atom. The second-order valence-electron chi connectivity index (χ2n) is 4.65. The number of para-hydroxylation sites is 1. The largest absolute Gasteiger partial charge is 0.478 e. The van der Waals surface area contributed by atoms with E-state index in [0.717, 1.165) is 30.6 Å². The fraction of sp³-hybridized carbons (Fsp3) is 0.235. The highest BCUT2D eigenvalue weighted by Gasteiger charge is 2.07. The van der Waals surface area contributed by atoms with Gasteiger partial charge in [0.2, 0.25) is 0 Å². The average molecular weight is 270 g/mol. The molecule has 2 aromatic carbocycles. The number of hydrogen-bond acceptors (Lipinski definition) is 2. The van der Waals surface area contributed by atoms with Crippen LogP contribution in [-0.4, -0.2) is 11.1 Å². The molecule has 0 aliphatic carbocycles. The number of ether oxygens (including phenoxy) is 1. The van der Waals surface area contributed by atoms with Gasteiger partial charge in [-0.05, 0) is 42.7 Å². The van der Waals surface area contributed by atoms with Crippen molar-refractivity contribution < 1.29 is 14.6 Å². The molecule has 3 heteroatoms. The summed E-state index contributed by atoms with van der Waals surface area (Å²) >= 11 is 0. The van der Waals surface area contributed by atoms with Gasteiger partial charge in [-0.15, -0.1) is 0 Å². The molecule has 2 rings (SSSR count). The summed E-state index contributed by atoms with van der Waals surface area (Å²) in [5.74, 6) is 0.395. The van der Waals surface area contributed by atoms with Gasteiger partial charge in [-0.1, -0.05) is 37.6 Å². The van der Waals surface area contributed by atoms with Crippen molar-refractivity contribution in [1.82, 2.24) is 0 Å². The second kappa shape index (κ2) is 6.75. The Bertz CT molecular complexity index is 590. The number of rotatable bonds is 6. The first-order valence-corrected chi connectivity index (χ1v) is 6.80. The van der Waals surface area contributed by atoms with Crippen LogP contribution in [0.5, 0.6) is 11.5 Å². The Balaban J connectivity index is 2.21. The fourth-order valence-corrected chi connectivity index (χ4v) is 2.00. The van der Waals surface area contributed by atoms with Gasteiger partial charge in [0.15, 0.2) is 0 Å². The number of hydrogen-bond donors (Lipinski definition) is 1.